The van der Waals surface area contributed by atoms with E-state index in [0.29, 0.717) is 40.6 Å². The Kier molecular flexibility index (Phi) is 5.39. The molecule has 1 unspecified atom stereocenters. The number of carbonyl (C=O) groups excluding carboxylic acids is 2. The molecule has 2 amide bonds. The molecule has 150 valence electrons. The number of piperidine rings is 1. The maximum absolute atomic E-state index is 13.4. The van der Waals surface area contributed by atoms with Crippen LogP contribution in [0.5, 0.6) is 0 Å². The van der Waals surface area contributed by atoms with E-state index in [1.807, 2.05) is 4.90 Å². The highest BCUT2D eigenvalue weighted by Crippen LogP contribution is 2.36. The molecule has 5 nitrogen and oxygen atoms in total. The molecule has 0 aliphatic carbocycles. The van der Waals surface area contributed by atoms with Crippen molar-refractivity contribution in [2.45, 2.75) is 12.8 Å². The van der Waals surface area contributed by atoms with Crippen LogP contribution in [0.4, 0.5) is 10.1 Å². The van der Waals surface area contributed by atoms with E-state index in [1.165, 1.54) is 24.3 Å². The Morgan fingerprint density at radius 3 is 2.38 bits per heavy atom. The summed E-state index contributed by atoms with van der Waals surface area (Å²) in [5.41, 5.74) is 1.53. The number of carbonyl (C=O) groups is 2. The van der Waals surface area contributed by atoms with Gasteiger partial charge in [0.05, 0.1) is 11.3 Å². The average Bonchev–Trinajstić information content (AvgIpc) is 2.99. The van der Waals surface area contributed by atoms with Crippen LogP contribution in [0, 0.1) is 11.7 Å². The van der Waals surface area contributed by atoms with Crippen molar-refractivity contribution in [2.75, 3.05) is 24.6 Å². The van der Waals surface area contributed by atoms with Gasteiger partial charge >= 0.3 is 0 Å². The van der Waals surface area contributed by atoms with E-state index < -0.39 is 17.6 Å². The lowest BCUT2D eigenvalue weighted by Gasteiger charge is -2.34. The molecular weight excluding hydrogens is 395 g/mol. The fourth-order valence-corrected chi connectivity index (χ4v) is 4.06. The first-order chi connectivity index (χ1) is 14.0. The molecule has 29 heavy (non-hydrogen) atoms. The number of amides is 2. The van der Waals surface area contributed by atoms with Crippen LogP contribution in [0.25, 0.3) is 5.57 Å². The Morgan fingerprint density at radius 1 is 1.03 bits per heavy atom. The lowest BCUT2D eigenvalue weighted by atomic mass is 9.97. The summed E-state index contributed by atoms with van der Waals surface area (Å²) in [6, 6.07) is 12.0. The molecular formula is C22H20ClFN2O3. The van der Waals surface area contributed by atoms with Gasteiger partial charge in [-0.2, -0.15) is 0 Å². The Balaban J connectivity index is 1.80. The van der Waals surface area contributed by atoms with Crippen molar-refractivity contribution in [1.82, 2.24) is 4.90 Å². The van der Waals surface area contributed by atoms with Gasteiger partial charge in [-0.25, -0.2) is 9.29 Å². The summed E-state index contributed by atoms with van der Waals surface area (Å²) in [7, 11) is 0. The summed E-state index contributed by atoms with van der Waals surface area (Å²) in [6.07, 6.45) is 1.70. The van der Waals surface area contributed by atoms with Crippen molar-refractivity contribution >= 4 is 34.7 Å². The molecule has 0 saturated carbocycles. The molecule has 0 bridgehead atoms. The monoisotopic (exact) mass is 414 g/mol. The van der Waals surface area contributed by atoms with Crippen molar-refractivity contribution in [3.8, 4) is 0 Å². The third-order valence-electron chi connectivity index (χ3n) is 5.37. The van der Waals surface area contributed by atoms with Crippen molar-refractivity contribution in [3.63, 3.8) is 0 Å². The first kappa shape index (κ1) is 19.6. The van der Waals surface area contributed by atoms with Crippen LogP contribution in [0.2, 0.25) is 5.02 Å². The van der Waals surface area contributed by atoms with Crippen molar-refractivity contribution in [2.24, 2.45) is 5.92 Å². The van der Waals surface area contributed by atoms with Crippen LogP contribution < -0.4 is 4.90 Å². The molecule has 2 aromatic rings. The minimum atomic E-state index is -0.454. The highest BCUT2D eigenvalue weighted by molar-refractivity contribution is 6.45. The first-order valence-electron chi connectivity index (χ1n) is 9.50. The van der Waals surface area contributed by atoms with Crippen molar-refractivity contribution in [1.29, 1.82) is 0 Å². The molecule has 0 spiro atoms. The number of hydrogen-bond donors (Lipinski definition) is 1. The van der Waals surface area contributed by atoms with E-state index in [0.717, 1.165) is 17.7 Å². The van der Waals surface area contributed by atoms with Crippen molar-refractivity contribution < 1.29 is 19.1 Å². The summed E-state index contributed by atoms with van der Waals surface area (Å²) in [5, 5.41) is 10.1. The van der Waals surface area contributed by atoms with E-state index >= 15 is 0 Å². The maximum Gasteiger partial charge on any atom is 0.282 e. The predicted octanol–water partition coefficient (Wildman–Crippen LogP) is 3.47. The summed E-state index contributed by atoms with van der Waals surface area (Å²) >= 11 is 5.99. The summed E-state index contributed by atoms with van der Waals surface area (Å²) in [4.78, 5) is 29.7. The zero-order valence-corrected chi connectivity index (χ0v) is 16.4. The molecule has 0 radical (unpaired) electrons. The smallest absolute Gasteiger partial charge is 0.282 e. The minimum absolute atomic E-state index is 0.0316. The number of likely N-dealkylation sites (tertiary alicyclic amines) is 1. The first-order valence-corrected chi connectivity index (χ1v) is 9.87. The largest absolute Gasteiger partial charge is 0.396 e. The number of halogens is 2. The highest BCUT2D eigenvalue weighted by atomic mass is 35.5. The molecule has 2 aliphatic heterocycles. The van der Waals surface area contributed by atoms with E-state index in [1.54, 1.807) is 24.3 Å². The Morgan fingerprint density at radius 2 is 1.72 bits per heavy atom. The van der Waals surface area contributed by atoms with Gasteiger partial charge in [-0.1, -0.05) is 23.7 Å². The molecule has 1 fully saturated rings. The van der Waals surface area contributed by atoms with Crippen LogP contribution in [-0.4, -0.2) is 41.5 Å². The molecule has 1 atom stereocenters. The van der Waals surface area contributed by atoms with Crippen LogP contribution in [0.15, 0.2) is 54.2 Å². The van der Waals surface area contributed by atoms with Gasteiger partial charge in [0.15, 0.2) is 0 Å². The molecule has 2 heterocycles. The molecule has 2 aliphatic rings. The number of aliphatic hydroxyl groups excluding tert-OH is 1. The standard InChI is InChI=1S/C22H20ClFN2O3/c23-16-5-3-15(4-6-16)19-20(25-11-1-2-14(12-25)13-27)22(29)26(21(19)28)18-9-7-17(24)8-10-18/h3-10,14,27H,1-2,11-13H2. The van der Waals surface area contributed by atoms with Gasteiger partial charge in [0.25, 0.3) is 11.8 Å². The molecule has 0 aromatic heterocycles. The average molecular weight is 415 g/mol. The Hall–Kier alpha value is -2.70. The van der Waals surface area contributed by atoms with Gasteiger partial charge in [-0.15, -0.1) is 0 Å². The van der Waals surface area contributed by atoms with Crippen LogP contribution in [0.1, 0.15) is 18.4 Å². The Bertz CT molecular complexity index is 973. The number of imide groups is 1. The van der Waals surface area contributed by atoms with Gasteiger partial charge in [-0.05, 0) is 60.7 Å². The number of nitrogens with zero attached hydrogens (tertiary/aromatic N) is 2. The number of anilines is 1. The molecule has 4 rings (SSSR count). The zero-order valence-electron chi connectivity index (χ0n) is 15.6. The molecule has 7 heteroatoms. The van der Waals surface area contributed by atoms with Crippen LogP contribution in [0.3, 0.4) is 0 Å². The summed E-state index contributed by atoms with van der Waals surface area (Å²) in [6.45, 7) is 1.16. The lowest BCUT2D eigenvalue weighted by molar-refractivity contribution is -0.120. The fraction of sp³-hybridized carbons (Fsp3) is 0.273. The normalized spacial score (nSPS) is 20.0. The number of benzene rings is 2. The van der Waals surface area contributed by atoms with Gasteiger partial charge in [0.1, 0.15) is 11.5 Å². The van der Waals surface area contributed by atoms with E-state index in [-0.39, 0.29) is 12.5 Å². The van der Waals surface area contributed by atoms with Crippen LogP contribution >= 0.6 is 11.6 Å². The van der Waals surface area contributed by atoms with E-state index in [2.05, 4.69) is 0 Å². The highest BCUT2D eigenvalue weighted by Gasteiger charge is 2.43. The van der Waals surface area contributed by atoms with E-state index in [9.17, 15) is 19.1 Å². The second-order valence-corrected chi connectivity index (χ2v) is 7.73. The Labute approximate surface area is 173 Å². The maximum atomic E-state index is 13.4. The predicted molar refractivity (Wildman–Crippen MR) is 109 cm³/mol. The second-order valence-electron chi connectivity index (χ2n) is 7.29. The summed E-state index contributed by atoms with van der Waals surface area (Å²) < 4.78 is 13.4. The number of hydrogen-bond acceptors (Lipinski definition) is 4. The molecule has 1 N–H and O–H groups in total. The molecule has 2 aromatic carbocycles. The van der Waals surface area contributed by atoms with Crippen LogP contribution in [-0.2, 0) is 9.59 Å². The fourth-order valence-electron chi connectivity index (χ4n) is 3.93. The van der Waals surface area contributed by atoms with Crippen molar-refractivity contribution in [3.05, 3.63) is 70.6 Å². The van der Waals surface area contributed by atoms with Gasteiger partial charge in [-0.3, -0.25) is 9.59 Å². The third kappa shape index (κ3) is 3.66. The third-order valence-corrected chi connectivity index (χ3v) is 5.62. The SMILES string of the molecule is O=C1C(c2ccc(Cl)cc2)=C(N2CCCC(CO)C2)C(=O)N1c1ccc(F)cc1. The van der Waals surface area contributed by atoms with Gasteiger partial charge < -0.3 is 10.0 Å². The number of rotatable bonds is 4. The quantitative estimate of drug-likeness (QED) is 0.778. The topological polar surface area (TPSA) is 60.9 Å². The number of aliphatic hydroxyl groups is 1. The summed E-state index contributed by atoms with van der Waals surface area (Å²) in [5.74, 6) is -1.29. The lowest BCUT2D eigenvalue weighted by Crippen LogP contribution is -2.40. The van der Waals surface area contributed by atoms with Gasteiger partial charge in [0.2, 0.25) is 0 Å². The van der Waals surface area contributed by atoms with E-state index in [4.69, 9.17) is 11.6 Å². The zero-order chi connectivity index (χ0) is 20.5. The molecule has 1 saturated heterocycles. The minimum Gasteiger partial charge on any atom is -0.396 e. The second kappa shape index (κ2) is 7.97. The van der Waals surface area contributed by atoms with Gasteiger partial charge in [0, 0.05) is 24.7 Å².